The van der Waals surface area contributed by atoms with Gasteiger partial charge in [0.15, 0.2) is 0 Å². The third kappa shape index (κ3) is 8.95. The highest BCUT2D eigenvalue weighted by Crippen LogP contribution is 2.33. The van der Waals surface area contributed by atoms with E-state index in [4.69, 9.17) is 4.18 Å². The van der Waals surface area contributed by atoms with Gasteiger partial charge in [0.2, 0.25) is 0 Å². The van der Waals surface area contributed by atoms with Gasteiger partial charge in [-0.2, -0.15) is 8.42 Å². The molecular weight excluding hydrogens is 356 g/mol. The van der Waals surface area contributed by atoms with E-state index in [0.29, 0.717) is 6.61 Å². The van der Waals surface area contributed by atoms with Crippen LogP contribution in [0.1, 0.15) is 104 Å². The fraction of sp³-hybridized carbons (Fsp3) is 0.826. The van der Waals surface area contributed by atoms with Crippen molar-refractivity contribution in [1.82, 2.24) is 0 Å². The number of hydrogen-bond acceptors (Lipinski definition) is 3. The quantitative estimate of drug-likeness (QED) is 0.209. The van der Waals surface area contributed by atoms with Crippen molar-refractivity contribution in [2.75, 3.05) is 6.61 Å². The monoisotopic (exact) mass is 398 g/mol. The third-order valence-corrected chi connectivity index (χ3v) is 7.93. The molecule has 0 heterocycles. The van der Waals surface area contributed by atoms with Gasteiger partial charge in [-0.25, -0.2) is 0 Å². The molecule has 0 fully saturated rings. The molecule has 1 rings (SSSR count). The maximum Gasteiger partial charge on any atom is 0.277 e. The summed E-state index contributed by atoms with van der Waals surface area (Å²) in [6, 6.07) is 0. The van der Waals surface area contributed by atoms with Crippen LogP contribution >= 0.6 is 0 Å². The lowest BCUT2D eigenvalue weighted by Crippen LogP contribution is -2.41. The maximum atomic E-state index is 12.5. The second-order valence-corrected chi connectivity index (χ2v) is 10.3. The molecule has 3 nitrogen and oxygen atoms in total. The Kier molecular flexibility index (Phi) is 12.3. The molecule has 27 heavy (non-hydrogen) atoms. The third-order valence-electron chi connectivity index (χ3n) is 5.87. The Morgan fingerprint density at radius 3 is 1.78 bits per heavy atom. The Bertz CT molecular complexity index is 536. The number of hydrogen-bond donors (Lipinski definition) is 0. The minimum absolute atomic E-state index is 0.0702. The second-order valence-electron chi connectivity index (χ2n) is 8.24. The fourth-order valence-electron chi connectivity index (χ4n) is 3.55. The van der Waals surface area contributed by atoms with Crippen LogP contribution in [-0.4, -0.2) is 19.8 Å². The van der Waals surface area contributed by atoms with Gasteiger partial charge in [0.1, 0.15) is 4.75 Å². The first-order valence-corrected chi connectivity index (χ1v) is 12.6. The SMILES string of the molecule is CCCCCCCCCCCCCCCOS(=O)(=O)C1(C)C=CC=CC1C. The maximum absolute atomic E-state index is 12.5. The average molecular weight is 399 g/mol. The van der Waals surface area contributed by atoms with Crippen molar-refractivity contribution < 1.29 is 12.6 Å². The van der Waals surface area contributed by atoms with Crippen LogP contribution in [0.2, 0.25) is 0 Å². The summed E-state index contributed by atoms with van der Waals surface area (Å²) >= 11 is 0. The smallest absolute Gasteiger partial charge is 0.269 e. The molecule has 0 amide bonds. The van der Waals surface area contributed by atoms with E-state index in [1.165, 1.54) is 70.6 Å². The van der Waals surface area contributed by atoms with Gasteiger partial charge in [-0.1, -0.05) is 115 Å². The van der Waals surface area contributed by atoms with E-state index in [-0.39, 0.29) is 5.92 Å². The van der Waals surface area contributed by atoms with Gasteiger partial charge in [0, 0.05) is 0 Å². The molecule has 0 N–H and O–H groups in total. The molecule has 0 saturated carbocycles. The molecule has 0 saturated heterocycles. The standard InChI is InChI=1S/C23H42O3S/c1-4-5-6-7-8-9-10-11-12-13-14-15-18-21-26-27(24,25)23(3)20-17-16-19-22(23)2/h16-17,19-20,22H,4-15,18,21H2,1-3H3. The first-order chi connectivity index (χ1) is 12.9. The number of rotatable bonds is 16. The minimum atomic E-state index is -3.59. The molecule has 0 radical (unpaired) electrons. The summed E-state index contributed by atoms with van der Waals surface area (Å²) in [5.74, 6) is -0.0702. The summed E-state index contributed by atoms with van der Waals surface area (Å²) < 4.78 is 29.4. The zero-order valence-corrected chi connectivity index (χ0v) is 18.7. The Labute approximate surface area is 168 Å². The topological polar surface area (TPSA) is 43.4 Å². The molecule has 0 aromatic rings. The normalized spacial score (nSPS) is 22.4. The molecule has 0 aromatic heterocycles. The van der Waals surface area contributed by atoms with Crippen molar-refractivity contribution in [3.8, 4) is 0 Å². The lowest BCUT2D eigenvalue weighted by Gasteiger charge is -2.31. The van der Waals surface area contributed by atoms with Gasteiger partial charge >= 0.3 is 0 Å². The van der Waals surface area contributed by atoms with E-state index in [0.717, 1.165) is 12.8 Å². The highest BCUT2D eigenvalue weighted by molar-refractivity contribution is 7.88. The van der Waals surface area contributed by atoms with E-state index < -0.39 is 14.9 Å². The molecule has 0 bridgehead atoms. The molecule has 158 valence electrons. The molecule has 1 aliphatic carbocycles. The van der Waals surface area contributed by atoms with E-state index in [9.17, 15) is 8.42 Å². The van der Waals surface area contributed by atoms with E-state index in [1.54, 1.807) is 19.1 Å². The minimum Gasteiger partial charge on any atom is -0.269 e. The Hall–Kier alpha value is -0.610. The van der Waals surface area contributed by atoms with Crippen molar-refractivity contribution in [2.45, 2.75) is 109 Å². The van der Waals surface area contributed by atoms with Crippen LogP contribution in [0.4, 0.5) is 0 Å². The summed E-state index contributed by atoms with van der Waals surface area (Å²) in [6.45, 7) is 6.24. The first-order valence-electron chi connectivity index (χ1n) is 11.2. The van der Waals surface area contributed by atoms with Crippen LogP contribution in [-0.2, 0) is 14.3 Å². The van der Waals surface area contributed by atoms with Crippen LogP contribution in [0.15, 0.2) is 24.3 Å². The first kappa shape index (κ1) is 24.4. The Balaban J connectivity index is 2.00. The predicted molar refractivity (Wildman–Crippen MR) is 116 cm³/mol. The second kappa shape index (κ2) is 13.5. The van der Waals surface area contributed by atoms with Crippen molar-refractivity contribution in [3.63, 3.8) is 0 Å². The van der Waals surface area contributed by atoms with E-state index >= 15 is 0 Å². The van der Waals surface area contributed by atoms with Gasteiger partial charge in [0.05, 0.1) is 6.61 Å². The summed E-state index contributed by atoms with van der Waals surface area (Å²) in [6.07, 6.45) is 24.0. The van der Waals surface area contributed by atoms with Gasteiger partial charge in [-0.15, -0.1) is 0 Å². The van der Waals surface area contributed by atoms with Crippen molar-refractivity contribution >= 4 is 10.1 Å². The predicted octanol–water partition coefficient (Wildman–Crippen LogP) is 6.94. The van der Waals surface area contributed by atoms with Crippen LogP contribution < -0.4 is 0 Å². The van der Waals surface area contributed by atoms with Crippen LogP contribution in [0.3, 0.4) is 0 Å². The molecule has 0 aromatic carbocycles. The summed E-state index contributed by atoms with van der Waals surface area (Å²) in [4.78, 5) is 0. The molecule has 0 spiro atoms. The van der Waals surface area contributed by atoms with Crippen LogP contribution in [0, 0.1) is 5.92 Å². The molecule has 4 heteroatoms. The zero-order valence-electron chi connectivity index (χ0n) is 17.9. The van der Waals surface area contributed by atoms with Crippen LogP contribution in [0.5, 0.6) is 0 Å². The summed E-state index contributed by atoms with van der Waals surface area (Å²) in [7, 11) is -3.59. The molecule has 0 aliphatic heterocycles. The van der Waals surface area contributed by atoms with Crippen molar-refractivity contribution in [3.05, 3.63) is 24.3 Å². The molecule has 1 aliphatic rings. The van der Waals surface area contributed by atoms with Crippen molar-refractivity contribution in [1.29, 1.82) is 0 Å². The summed E-state index contributed by atoms with van der Waals surface area (Å²) in [5.41, 5.74) is 0. The average Bonchev–Trinajstić information content (AvgIpc) is 2.64. The molecule has 2 unspecified atom stereocenters. The Morgan fingerprint density at radius 2 is 1.30 bits per heavy atom. The number of unbranched alkanes of at least 4 members (excludes halogenated alkanes) is 12. The summed E-state index contributed by atoms with van der Waals surface area (Å²) in [5, 5.41) is 0. The highest BCUT2D eigenvalue weighted by Gasteiger charge is 2.42. The largest absolute Gasteiger partial charge is 0.277 e. The van der Waals surface area contributed by atoms with E-state index in [1.807, 2.05) is 19.1 Å². The van der Waals surface area contributed by atoms with Crippen LogP contribution in [0.25, 0.3) is 0 Å². The lowest BCUT2D eigenvalue weighted by atomic mass is 9.91. The van der Waals surface area contributed by atoms with Gasteiger partial charge in [-0.05, 0) is 19.3 Å². The number of allylic oxidation sites excluding steroid dienone is 3. The van der Waals surface area contributed by atoms with Gasteiger partial charge in [-0.3, -0.25) is 4.18 Å². The molecular formula is C23H42O3S. The zero-order chi connectivity index (χ0) is 20.0. The highest BCUT2D eigenvalue weighted by atomic mass is 32.2. The van der Waals surface area contributed by atoms with E-state index in [2.05, 4.69) is 6.92 Å². The van der Waals surface area contributed by atoms with Gasteiger partial charge in [0.25, 0.3) is 10.1 Å². The fourth-order valence-corrected chi connectivity index (χ4v) is 4.92. The van der Waals surface area contributed by atoms with Crippen molar-refractivity contribution in [2.24, 2.45) is 5.92 Å². The lowest BCUT2D eigenvalue weighted by molar-refractivity contribution is 0.288. The van der Waals surface area contributed by atoms with Gasteiger partial charge < -0.3 is 0 Å². The molecule has 2 atom stereocenters. The Morgan fingerprint density at radius 1 is 0.815 bits per heavy atom.